The van der Waals surface area contributed by atoms with Crippen molar-refractivity contribution in [3.05, 3.63) is 65.7 Å². The molecule has 0 saturated carbocycles. The van der Waals surface area contributed by atoms with Gasteiger partial charge in [-0.25, -0.2) is 4.98 Å². The Morgan fingerprint density at radius 2 is 1.67 bits per heavy atom. The summed E-state index contributed by atoms with van der Waals surface area (Å²) < 4.78 is 0. The van der Waals surface area contributed by atoms with Gasteiger partial charge in [0.1, 0.15) is 0 Å². The van der Waals surface area contributed by atoms with Crippen LogP contribution < -0.4 is 10.9 Å². The largest absolute Gasteiger partial charge is 0.274 e. The number of benzene rings is 2. The fraction of sp³-hybridized carbons (Fsp3) is 0.105. The number of hydrazine groups is 1. The van der Waals surface area contributed by atoms with E-state index in [1.54, 1.807) is 6.07 Å². The number of nitrogens with zero attached hydrogens (tertiary/aromatic N) is 1. The third-order valence-electron chi connectivity index (χ3n) is 3.66. The van der Waals surface area contributed by atoms with Gasteiger partial charge in [-0.05, 0) is 19.1 Å². The summed E-state index contributed by atoms with van der Waals surface area (Å²) in [7, 11) is 0. The second kappa shape index (κ2) is 6.50. The summed E-state index contributed by atoms with van der Waals surface area (Å²) in [5.41, 5.74) is 8.71. The average molecular weight is 319 g/mol. The van der Waals surface area contributed by atoms with Crippen molar-refractivity contribution in [1.82, 2.24) is 15.8 Å². The Morgan fingerprint density at radius 3 is 2.38 bits per heavy atom. The number of hydrogen-bond donors (Lipinski definition) is 2. The monoisotopic (exact) mass is 319 g/mol. The molecule has 24 heavy (non-hydrogen) atoms. The average Bonchev–Trinajstić information content (AvgIpc) is 2.59. The molecule has 2 N–H and O–H groups in total. The van der Waals surface area contributed by atoms with Crippen molar-refractivity contribution in [3.63, 3.8) is 0 Å². The molecule has 3 rings (SSSR count). The van der Waals surface area contributed by atoms with Gasteiger partial charge >= 0.3 is 0 Å². The van der Waals surface area contributed by atoms with E-state index >= 15 is 0 Å². The van der Waals surface area contributed by atoms with Crippen LogP contribution in [-0.2, 0) is 4.79 Å². The number of rotatable bonds is 2. The van der Waals surface area contributed by atoms with Gasteiger partial charge in [0, 0.05) is 17.9 Å². The normalized spacial score (nSPS) is 10.4. The van der Waals surface area contributed by atoms with Gasteiger partial charge in [0.2, 0.25) is 5.91 Å². The van der Waals surface area contributed by atoms with Gasteiger partial charge in [0.25, 0.3) is 5.91 Å². The molecule has 0 spiro atoms. The molecule has 0 aliphatic rings. The Balaban J connectivity index is 2.10. The lowest BCUT2D eigenvalue weighted by Gasteiger charge is -2.11. The number of aromatic nitrogens is 1. The minimum Gasteiger partial charge on any atom is -0.274 e. The molecule has 3 aromatic rings. The van der Waals surface area contributed by atoms with Crippen molar-refractivity contribution in [2.24, 2.45) is 0 Å². The zero-order valence-electron chi connectivity index (χ0n) is 13.5. The molecule has 0 saturated heterocycles. The van der Waals surface area contributed by atoms with E-state index in [0.717, 1.165) is 22.0 Å². The molecule has 5 nitrogen and oxygen atoms in total. The van der Waals surface area contributed by atoms with Crippen LogP contribution in [0.4, 0.5) is 0 Å². The SMILES string of the molecule is CC(=O)NNC(=O)c1cc(-c2ccc(C)cc2)nc2ccccc12. The van der Waals surface area contributed by atoms with Gasteiger partial charge in [-0.2, -0.15) is 0 Å². The summed E-state index contributed by atoms with van der Waals surface area (Å²) in [6.07, 6.45) is 0. The number of para-hydroxylation sites is 1. The van der Waals surface area contributed by atoms with Crippen LogP contribution in [0.2, 0.25) is 0 Å². The summed E-state index contributed by atoms with van der Waals surface area (Å²) in [5.74, 6) is -0.711. The quantitative estimate of drug-likeness (QED) is 0.713. The van der Waals surface area contributed by atoms with Crippen LogP contribution in [0.3, 0.4) is 0 Å². The summed E-state index contributed by atoms with van der Waals surface area (Å²) in [4.78, 5) is 28.1. The number of carbonyl (C=O) groups excluding carboxylic acids is 2. The summed E-state index contributed by atoms with van der Waals surface area (Å²) in [6, 6.07) is 17.1. The van der Waals surface area contributed by atoms with E-state index in [9.17, 15) is 9.59 Å². The van der Waals surface area contributed by atoms with Gasteiger partial charge in [0.15, 0.2) is 0 Å². The highest BCUT2D eigenvalue weighted by molar-refractivity contribution is 6.07. The zero-order valence-corrected chi connectivity index (χ0v) is 13.5. The molecular formula is C19H17N3O2. The first-order valence-corrected chi connectivity index (χ1v) is 7.58. The van der Waals surface area contributed by atoms with E-state index in [0.29, 0.717) is 11.3 Å². The third kappa shape index (κ3) is 3.25. The predicted molar refractivity (Wildman–Crippen MR) is 93.2 cm³/mol. The van der Waals surface area contributed by atoms with Crippen LogP contribution in [0.1, 0.15) is 22.8 Å². The van der Waals surface area contributed by atoms with Gasteiger partial charge in [0.05, 0.1) is 16.8 Å². The Bertz CT molecular complexity index is 918. The minimum atomic E-state index is -0.378. The van der Waals surface area contributed by atoms with Crippen molar-refractivity contribution >= 4 is 22.7 Å². The molecule has 0 atom stereocenters. The fourth-order valence-corrected chi connectivity index (χ4v) is 2.45. The van der Waals surface area contributed by atoms with Crippen LogP contribution in [0.15, 0.2) is 54.6 Å². The van der Waals surface area contributed by atoms with Crippen molar-refractivity contribution in [1.29, 1.82) is 0 Å². The van der Waals surface area contributed by atoms with Crippen LogP contribution >= 0.6 is 0 Å². The molecule has 0 fully saturated rings. The molecule has 2 aromatic carbocycles. The van der Waals surface area contributed by atoms with Crippen LogP contribution in [0.25, 0.3) is 22.2 Å². The molecule has 2 amide bonds. The van der Waals surface area contributed by atoms with E-state index in [4.69, 9.17) is 0 Å². The summed E-state index contributed by atoms with van der Waals surface area (Å²) in [6.45, 7) is 3.35. The van der Waals surface area contributed by atoms with Crippen molar-refractivity contribution in [3.8, 4) is 11.3 Å². The Morgan fingerprint density at radius 1 is 0.958 bits per heavy atom. The fourth-order valence-electron chi connectivity index (χ4n) is 2.45. The van der Waals surface area contributed by atoms with Crippen molar-refractivity contribution in [2.75, 3.05) is 0 Å². The highest BCUT2D eigenvalue weighted by atomic mass is 16.2. The molecule has 0 bridgehead atoms. The van der Waals surface area contributed by atoms with Crippen LogP contribution in [0.5, 0.6) is 0 Å². The standard InChI is InChI=1S/C19H17N3O2/c1-12-7-9-14(10-8-12)18-11-16(19(24)22-21-13(2)23)15-5-3-4-6-17(15)20-18/h3-11H,1-2H3,(H,21,23)(H,22,24). The molecule has 0 unspecified atom stereocenters. The van der Waals surface area contributed by atoms with Gasteiger partial charge in [-0.15, -0.1) is 0 Å². The second-order valence-corrected chi connectivity index (χ2v) is 5.57. The molecule has 0 radical (unpaired) electrons. The second-order valence-electron chi connectivity index (χ2n) is 5.57. The number of fused-ring (bicyclic) bond motifs is 1. The molecule has 120 valence electrons. The zero-order chi connectivity index (χ0) is 17.1. The van der Waals surface area contributed by atoms with E-state index in [2.05, 4.69) is 15.8 Å². The van der Waals surface area contributed by atoms with E-state index in [1.165, 1.54) is 6.92 Å². The lowest BCUT2D eigenvalue weighted by molar-refractivity contribution is -0.119. The summed E-state index contributed by atoms with van der Waals surface area (Å²) >= 11 is 0. The number of carbonyl (C=O) groups is 2. The minimum absolute atomic E-state index is 0.333. The van der Waals surface area contributed by atoms with Crippen LogP contribution in [-0.4, -0.2) is 16.8 Å². The van der Waals surface area contributed by atoms with Crippen LogP contribution in [0, 0.1) is 6.92 Å². The lowest BCUT2D eigenvalue weighted by Crippen LogP contribution is -2.40. The number of amides is 2. The smallest absolute Gasteiger partial charge is 0.270 e. The van der Waals surface area contributed by atoms with Gasteiger partial charge in [-0.3, -0.25) is 20.4 Å². The maximum atomic E-state index is 12.4. The first-order chi connectivity index (χ1) is 11.5. The van der Waals surface area contributed by atoms with Gasteiger partial charge in [-0.1, -0.05) is 48.0 Å². The molecular weight excluding hydrogens is 302 g/mol. The maximum Gasteiger partial charge on any atom is 0.270 e. The molecule has 5 heteroatoms. The molecule has 1 aromatic heterocycles. The number of hydrogen-bond acceptors (Lipinski definition) is 3. The molecule has 0 aliphatic carbocycles. The number of aryl methyl sites for hydroxylation is 1. The van der Waals surface area contributed by atoms with E-state index < -0.39 is 0 Å². The van der Waals surface area contributed by atoms with Crippen molar-refractivity contribution in [2.45, 2.75) is 13.8 Å². The highest BCUT2D eigenvalue weighted by Gasteiger charge is 2.14. The van der Waals surface area contributed by atoms with E-state index in [1.807, 2.05) is 55.5 Å². The predicted octanol–water partition coefficient (Wildman–Crippen LogP) is 2.99. The Labute approximate surface area is 139 Å². The van der Waals surface area contributed by atoms with Crippen molar-refractivity contribution < 1.29 is 9.59 Å². The number of pyridine rings is 1. The summed E-state index contributed by atoms with van der Waals surface area (Å²) in [5, 5.41) is 0.733. The topological polar surface area (TPSA) is 71.1 Å². The Kier molecular flexibility index (Phi) is 4.24. The molecule has 1 heterocycles. The highest BCUT2D eigenvalue weighted by Crippen LogP contribution is 2.25. The first kappa shape index (κ1) is 15.7. The first-order valence-electron chi connectivity index (χ1n) is 7.58. The Hall–Kier alpha value is -3.21. The molecule has 0 aliphatic heterocycles. The third-order valence-corrected chi connectivity index (χ3v) is 3.66. The van der Waals surface area contributed by atoms with Gasteiger partial charge < -0.3 is 0 Å². The van der Waals surface area contributed by atoms with E-state index in [-0.39, 0.29) is 11.8 Å². The number of nitrogens with one attached hydrogen (secondary N) is 2. The maximum absolute atomic E-state index is 12.4. The lowest BCUT2D eigenvalue weighted by atomic mass is 10.0.